The fraction of sp³-hybridized carbons (Fsp3) is 0.385. The van der Waals surface area contributed by atoms with Crippen molar-refractivity contribution in [3.05, 3.63) is 47.5 Å². The molecule has 0 saturated heterocycles. The molecule has 0 saturated carbocycles. The SMILES string of the molecule is CCCC=C(C)Cc1ccccc1. The van der Waals surface area contributed by atoms with Gasteiger partial charge in [-0.15, -0.1) is 0 Å². The smallest absolute Gasteiger partial charge is 0.00699 e. The molecular weight excluding hydrogens is 156 g/mol. The van der Waals surface area contributed by atoms with E-state index in [-0.39, 0.29) is 0 Å². The van der Waals surface area contributed by atoms with Crippen LogP contribution < -0.4 is 0 Å². The van der Waals surface area contributed by atoms with Crippen LogP contribution in [0.3, 0.4) is 0 Å². The molecule has 0 unspecified atom stereocenters. The van der Waals surface area contributed by atoms with Crippen molar-refractivity contribution >= 4 is 0 Å². The van der Waals surface area contributed by atoms with Gasteiger partial charge >= 0.3 is 0 Å². The molecule has 0 amide bonds. The molecule has 0 aliphatic carbocycles. The molecule has 1 rings (SSSR count). The number of unbranched alkanes of at least 4 members (excludes halogenated alkanes) is 1. The lowest BCUT2D eigenvalue weighted by Gasteiger charge is -2.00. The summed E-state index contributed by atoms with van der Waals surface area (Å²) in [6.07, 6.45) is 5.89. The summed E-state index contributed by atoms with van der Waals surface area (Å²) in [6, 6.07) is 10.6. The van der Waals surface area contributed by atoms with Crippen LogP contribution >= 0.6 is 0 Å². The van der Waals surface area contributed by atoms with E-state index in [2.05, 4.69) is 50.3 Å². The molecule has 0 fully saturated rings. The highest BCUT2D eigenvalue weighted by atomic mass is 14.0. The van der Waals surface area contributed by atoms with Gasteiger partial charge in [-0.25, -0.2) is 0 Å². The summed E-state index contributed by atoms with van der Waals surface area (Å²) in [4.78, 5) is 0. The van der Waals surface area contributed by atoms with Crippen molar-refractivity contribution in [3.63, 3.8) is 0 Å². The van der Waals surface area contributed by atoms with Gasteiger partial charge in [0, 0.05) is 0 Å². The van der Waals surface area contributed by atoms with Crippen molar-refractivity contribution in [1.82, 2.24) is 0 Å². The Morgan fingerprint density at radius 1 is 1.23 bits per heavy atom. The van der Waals surface area contributed by atoms with Crippen LogP contribution in [-0.2, 0) is 6.42 Å². The molecule has 0 atom stereocenters. The summed E-state index contributed by atoms with van der Waals surface area (Å²) in [5, 5.41) is 0. The summed E-state index contributed by atoms with van der Waals surface area (Å²) < 4.78 is 0. The zero-order chi connectivity index (χ0) is 9.52. The largest absolute Gasteiger partial charge is 0.0853 e. The summed E-state index contributed by atoms with van der Waals surface area (Å²) in [5.74, 6) is 0. The molecule has 1 aromatic rings. The van der Waals surface area contributed by atoms with E-state index in [1.165, 1.54) is 24.0 Å². The lowest BCUT2D eigenvalue weighted by atomic mass is 10.1. The normalized spacial score (nSPS) is 11.7. The molecule has 0 heteroatoms. The first-order valence-electron chi connectivity index (χ1n) is 5.02. The Morgan fingerprint density at radius 3 is 2.54 bits per heavy atom. The fourth-order valence-corrected chi connectivity index (χ4v) is 1.38. The van der Waals surface area contributed by atoms with Crippen LogP contribution in [0, 0.1) is 0 Å². The second kappa shape index (κ2) is 5.58. The van der Waals surface area contributed by atoms with Crippen LogP contribution in [0.15, 0.2) is 42.0 Å². The molecule has 13 heavy (non-hydrogen) atoms. The molecule has 70 valence electrons. The van der Waals surface area contributed by atoms with E-state index in [1.54, 1.807) is 0 Å². The maximum Gasteiger partial charge on any atom is -0.00699 e. The molecule has 0 N–H and O–H groups in total. The first kappa shape index (κ1) is 10.0. The first-order chi connectivity index (χ1) is 6.33. The van der Waals surface area contributed by atoms with E-state index >= 15 is 0 Å². The third-order valence-corrected chi connectivity index (χ3v) is 2.11. The fourth-order valence-electron chi connectivity index (χ4n) is 1.38. The van der Waals surface area contributed by atoms with Gasteiger partial charge in [-0.2, -0.15) is 0 Å². The summed E-state index contributed by atoms with van der Waals surface area (Å²) in [6.45, 7) is 4.43. The van der Waals surface area contributed by atoms with Crippen LogP contribution in [-0.4, -0.2) is 0 Å². The monoisotopic (exact) mass is 174 g/mol. The Kier molecular flexibility index (Phi) is 4.31. The van der Waals surface area contributed by atoms with Gasteiger partial charge in [0.2, 0.25) is 0 Å². The molecule has 0 aromatic heterocycles. The Labute approximate surface area is 81.3 Å². The first-order valence-corrected chi connectivity index (χ1v) is 5.02. The quantitative estimate of drug-likeness (QED) is 0.606. The van der Waals surface area contributed by atoms with Crippen molar-refractivity contribution in [1.29, 1.82) is 0 Å². The minimum Gasteiger partial charge on any atom is -0.0853 e. The zero-order valence-electron chi connectivity index (χ0n) is 8.59. The molecular formula is C13H18. The lowest BCUT2D eigenvalue weighted by Crippen LogP contribution is -1.85. The van der Waals surface area contributed by atoms with Crippen LogP contribution in [0.5, 0.6) is 0 Å². The highest BCUT2D eigenvalue weighted by molar-refractivity contribution is 5.20. The van der Waals surface area contributed by atoms with Crippen molar-refractivity contribution < 1.29 is 0 Å². The van der Waals surface area contributed by atoms with Gasteiger partial charge in [0.25, 0.3) is 0 Å². The predicted molar refractivity (Wildman–Crippen MR) is 58.8 cm³/mol. The van der Waals surface area contributed by atoms with Crippen LogP contribution in [0.1, 0.15) is 32.3 Å². The number of allylic oxidation sites excluding steroid dienone is 2. The third-order valence-electron chi connectivity index (χ3n) is 2.11. The maximum atomic E-state index is 2.34. The molecule has 0 spiro atoms. The Hall–Kier alpha value is -1.04. The molecule has 0 bridgehead atoms. The van der Waals surface area contributed by atoms with E-state index in [1.807, 2.05) is 0 Å². The summed E-state index contributed by atoms with van der Waals surface area (Å²) in [5.41, 5.74) is 2.89. The van der Waals surface area contributed by atoms with Crippen LogP contribution in [0.25, 0.3) is 0 Å². The predicted octanol–water partition coefficient (Wildman–Crippen LogP) is 3.98. The van der Waals surface area contributed by atoms with Gasteiger partial charge in [-0.1, -0.05) is 55.3 Å². The standard InChI is InChI=1S/C13H18/c1-3-4-8-12(2)11-13-9-6-5-7-10-13/h5-10H,3-4,11H2,1-2H3. The number of benzene rings is 1. The van der Waals surface area contributed by atoms with E-state index in [9.17, 15) is 0 Å². The number of hydrogen-bond acceptors (Lipinski definition) is 0. The second-order valence-electron chi connectivity index (χ2n) is 3.50. The Bertz CT molecular complexity index is 257. The molecule has 0 aliphatic rings. The molecule has 0 radical (unpaired) electrons. The minimum absolute atomic E-state index is 1.10. The van der Waals surface area contributed by atoms with Crippen molar-refractivity contribution in [2.75, 3.05) is 0 Å². The van der Waals surface area contributed by atoms with E-state index in [0.717, 1.165) is 6.42 Å². The highest BCUT2D eigenvalue weighted by Gasteiger charge is 1.92. The topological polar surface area (TPSA) is 0 Å². The molecule has 1 aromatic carbocycles. The number of rotatable bonds is 4. The Morgan fingerprint density at radius 2 is 1.92 bits per heavy atom. The van der Waals surface area contributed by atoms with Gasteiger partial charge in [0.15, 0.2) is 0 Å². The maximum absolute atomic E-state index is 2.34. The van der Waals surface area contributed by atoms with Crippen molar-refractivity contribution in [3.8, 4) is 0 Å². The van der Waals surface area contributed by atoms with Gasteiger partial charge in [0.05, 0.1) is 0 Å². The molecule has 0 nitrogen and oxygen atoms in total. The zero-order valence-corrected chi connectivity index (χ0v) is 8.59. The average Bonchev–Trinajstić information content (AvgIpc) is 2.16. The highest BCUT2D eigenvalue weighted by Crippen LogP contribution is 2.08. The van der Waals surface area contributed by atoms with Gasteiger partial charge in [0.1, 0.15) is 0 Å². The van der Waals surface area contributed by atoms with Gasteiger partial charge in [-0.05, 0) is 25.3 Å². The van der Waals surface area contributed by atoms with E-state index in [0.29, 0.717) is 0 Å². The number of hydrogen-bond donors (Lipinski definition) is 0. The molecule has 0 heterocycles. The average molecular weight is 174 g/mol. The van der Waals surface area contributed by atoms with Crippen molar-refractivity contribution in [2.45, 2.75) is 33.1 Å². The van der Waals surface area contributed by atoms with Crippen LogP contribution in [0.4, 0.5) is 0 Å². The third kappa shape index (κ3) is 3.93. The minimum atomic E-state index is 1.10. The van der Waals surface area contributed by atoms with E-state index in [4.69, 9.17) is 0 Å². The second-order valence-corrected chi connectivity index (χ2v) is 3.50. The summed E-state index contributed by atoms with van der Waals surface area (Å²) in [7, 11) is 0. The van der Waals surface area contributed by atoms with E-state index < -0.39 is 0 Å². The lowest BCUT2D eigenvalue weighted by molar-refractivity contribution is 0.938. The van der Waals surface area contributed by atoms with Gasteiger partial charge in [-0.3, -0.25) is 0 Å². The van der Waals surface area contributed by atoms with Crippen LogP contribution in [0.2, 0.25) is 0 Å². The summed E-state index contributed by atoms with van der Waals surface area (Å²) >= 11 is 0. The Balaban J connectivity index is 2.50. The van der Waals surface area contributed by atoms with Crippen molar-refractivity contribution in [2.24, 2.45) is 0 Å². The molecule has 0 aliphatic heterocycles. The van der Waals surface area contributed by atoms with Gasteiger partial charge < -0.3 is 0 Å².